The van der Waals surface area contributed by atoms with E-state index in [0.717, 1.165) is 5.39 Å². The fourth-order valence-electron chi connectivity index (χ4n) is 2.29. The first-order valence-corrected chi connectivity index (χ1v) is 5.95. The van der Waals surface area contributed by atoms with Crippen molar-refractivity contribution in [2.24, 2.45) is 0 Å². The largest absolute Gasteiger partial charge is 0.302 e. The van der Waals surface area contributed by atoms with Crippen LogP contribution in [-0.2, 0) is 9.59 Å². The van der Waals surface area contributed by atoms with Crippen molar-refractivity contribution < 1.29 is 9.59 Å². The Labute approximate surface area is 108 Å². The lowest BCUT2D eigenvalue weighted by Crippen LogP contribution is -2.44. The van der Waals surface area contributed by atoms with Gasteiger partial charge < -0.3 is 4.57 Å². The molecule has 1 atom stereocenters. The molecule has 1 fully saturated rings. The second-order valence-electron chi connectivity index (χ2n) is 4.46. The predicted molar refractivity (Wildman–Crippen MR) is 67.4 cm³/mol. The van der Waals surface area contributed by atoms with Crippen LogP contribution in [0.25, 0.3) is 10.8 Å². The van der Waals surface area contributed by atoms with E-state index >= 15 is 0 Å². The highest BCUT2D eigenvalue weighted by molar-refractivity contribution is 5.99. The van der Waals surface area contributed by atoms with Crippen molar-refractivity contribution in [2.75, 3.05) is 0 Å². The molecule has 2 aromatic heterocycles. The van der Waals surface area contributed by atoms with E-state index < -0.39 is 11.9 Å². The zero-order valence-corrected chi connectivity index (χ0v) is 10.00. The highest BCUT2D eigenvalue weighted by Crippen LogP contribution is 2.18. The van der Waals surface area contributed by atoms with Crippen LogP contribution in [0, 0.1) is 0 Å². The Hall–Kier alpha value is -2.50. The van der Waals surface area contributed by atoms with Gasteiger partial charge in [0.25, 0.3) is 5.56 Å². The third-order valence-electron chi connectivity index (χ3n) is 3.28. The number of pyridine rings is 2. The number of amides is 2. The van der Waals surface area contributed by atoms with Crippen molar-refractivity contribution >= 4 is 22.6 Å². The van der Waals surface area contributed by atoms with E-state index in [0.29, 0.717) is 11.8 Å². The SMILES string of the molecule is O=C1CCC(n2ccc3ccncc3c2=O)C(=O)N1. The Morgan fingerprint density at radius 3 is 2.89 bits per heavy atom. The van der Waals surface area contributed by atoms with Gasteiger partial charge in [0.1, 0.15) is 6.04 Å². The van der Waals surface area contributed by atoms with Gasteiger partial charge in [-0.3, -0.25) is 24.7 Å². The Bertz CT molecular complexity index is 735. The van der Waals surface area contributed by atoms with Gasteiger partial charge in [-0.05, 0) is 23.9 Å². The number of rotatable bonds is 1. The maximum atomic E-state index is 12.3. The normalized spacial score (nSPS) is 19.5. The summed E-state index contributed by atoms with van der Waals surface area (Å²) >= 11 is 0. The second-order valence-corrected chi connectivity index (χ2v) is 4.46. The number of carbonyl (C=O) groups excluding carboxylic acids is 2. The third kappa shape index (κ3) is 1.91. The monoisotopic (exact) mass is 257 g/mol. The molecular formula is C13H11N3O3. The average molecular weight is 257 g/mol. The van der Waals surface area contributed by atoms with Crippen LogP contribution in [0.15, 0.2) is 35.5 Å². The summed E-state index contributed by atoms with van der Waals surface area (Å²) in [5.74, 6) is -0.724. The molecule has 3 heterocycles. The minimum Gasteiger partial charge on any atom is -0.302 e. The Balaban J connectivity index is 2.11. The number of hydrogen-bond donors (Lipinski definition) is 1. The van der Waals surface area contributed by atoms with E-state index in [-0.39, 0.29) is 17.9 Å². The quantitative estimate of drug-likeness (QED) is 0.748. The molecule has 3 rings (SSSR count). The van der Waals surface area contributed by atoms with Crippen molar-refractivity contribution in [3.63, 3.8) is 0 Å². The van der Waals surface area contributed by atoms with Gasteiger partial charge in [0, 0.05) is 25.0 Å². The van der Waals surface area contributed by atoms with E-state index in [1.54, 1.807) is 24.5 Å². The Morgan fingerprint density at radius 1 is 1.26 bits per heavy atom. The number of carbonyl (C=O) groups is 2. The molecule has 1 saturated heterocycles. The number of fused-ring (bicyclic) bond motifs is 1. The predicted octanol–water partition coefficient (Wildman–Crippen LogP) is 0.374. The van der Waals surface area contributed by atoms with Crippen LogP contribution < -0.4 is 10.9 Å². The highest BCUT2D eigenvalue weighted by Gasteiger charge is 2.28. The molecule has 0 aromatic carbocycles. The number of nitrogens with zero attached hydrogens (tertiary/aromatic N) is 2. The molecule has 0 spiro atoms. The summed E-state index contributed by atoms with van der Waals surface area (Å²) in [6.07, 6.45) is 5.27. The fraction of sp³-hybridized carbons (Fsp3) is 0.231. The molecule has 6 heteroatoms. The van der Waals surface area contributed by atoms with Gasteiger partial charge in [-0.2, -0.15) is 0 Å². The van der Waals surface area contributed by atoms with Gasteiger partial charge in [-0.15, -0.1) is 0 Å². The average Bonchev–Trinajstić information content (AvgIpc) is 2.41. The van der Waals surface area contributed by atoms with Gasteiger partial charge >= 0.3 is 0 Å². The summed E-state index contributed by atoms with van der Waals surface area (Å²) in [5, 5.41) is 3.50. The van der Waals surface area contributed by atoms with Crippen LogP contribution in [0.4, 0.5) is 0 Å². The molecule has 1 unspecified atom stereocenters. The summed E-state index contributed by atoms with van der Waals surface area (Å²) in [5.41, 5.74) is -0.264. The van der Waals surface area contributed by atoms with E-state index in [1.165, 1.54) is 10.8 Å². The molecule has 6 nitrogen and oxygen atoms in total. The molecule has 96 valence electrons. The first kappa shape index (κ1) is 11.6. The third-order valence-corrected chi connectivity index (χ3v) is 3.28. The van der Waals surface area contributed by atoms with Gasteiger partial charge in [-0.1, -0.05) is 0 Å². The summed E-state index contributed by atoms with van der Waals surface area (Å²) < 4.78 is 1.37. The molecule has 1 N–H and O–H groups in total. The lowest BCUT2D eigenvalue weighted by molar-refractivity contribution is -0.135. The molecule has 1 aliphatic rings. The van der Waals surface area contributed by atoms with Gasteiger partial charge in [0.2, 0.25) is 11.8 Å². The minimum atomic E-state index is -0.630. The lowest BCUT2D eigenvalue weighted by Gasteiger charge is -2.22. The van der Waals surface area contributed by atoms with Crippen LogP contribution in [0.3, 0.4) is 0 Å². The minimum absolute atomic E-state index is 0.244. The summed E-state index contributed by atoms with van der Waals surface area (Å²) in [6.45, 7) is 0. The van der Waals surface area contributed by atoms with E-state index in [9.17, 15) is 14.4 Å². The van der Waals surface area contributed by atoms with Crippen LogP contribution in [-0.4, -0.2) is 21.4 Å². The molecule has 19 heavy (non-hydrogen) atoms. The van der Waals surface area contributed by atoms with Crippen molar-refractivity contribution in [2.45, 2.75) is 18.9 Å². The number of aromatic nitrogens is 2. The van der Waals surface area contributed by atoms with Gasteiger partial charge in [0.15, 0.2) is 0 Å². The molecule has 2 aromatic rings. The topological polar surface area (TPSA) is 81.1 Å². The number of piperidine rings is 1. The number of hydrogen-bond acceptors (Lipinski definition) is 4. The van der Waals surface area contributed by atoms with Crippen molar-refractivity contribution in [1.29, 1.82) is 0 Å². The fourth-order valence-corrected chi connectivity index (χ4v) is 2.29. The van der Waals surface area contributed by atoms with Crippen LogP contribution in [0.2, 0.25) is 0 Å². The summed E-state index contributed by atoms with van der Waals surface area (Å²) in [7, 11) is 0. The Morgan fingerprint density at radius 2 is 2.11 bits per heavy atom. The molecule has 2 amide bonds. The number of imide groups is 1. The molecule has 0 radical (unpaired) electrons. The second kappa shape index (κ2) is 4.31. The van der Waals surface area contributed by atoms with E-state index in [4.69, 9.17) is 0 Å². The van der Waals surface area contributed by atoms with Crippen LogP contribution in [0.1, 0.15) is 18.9 Å². The zero-order valence-electron chi connectivity index (χ0n) is 10.00. The lowest BCUT2D eigenvalue weighted by atomic mass is 10.1. The first-order chi connectivity index (χ1) is 9.16. The zero-order chi connectivity index (χ0) is 13.4. The van der Waals surface area contributed by atoms with Crippen molar-refractivity contribution in [3.05, 3.63) is 41.1 Å². The first-order valence-electron chi connectivity index (χ1n) is 5.95. The van der Waals surface area contributed by atoms with Gasteiger partial charge in [0.05, 0.1) is 5.39 Å². The van der Waals surface area contributed by atoms with E-state index in [1.807, 2.05) is 0 Å². The number of nitrogens with one attached hydrogen (secondary N) is 1. The summed E-state index contributed by atoms with van der Waals surface area (Å²) in [6, 6.07) is 2.88. The van der Waals surface area contributed by atoms with Crippen molar-refractivity contribution in [3.8, 4) is 0 Å². The molecule has 0 saturated carbocycles. The Kier molecular flexibility index (Phi) is 2.63. The molecular weight excluding hydrogens is 246 g/mol. The standard InChI is InChI=1S/C13H11N3O3/c17-11-2-1-10(12(18)15-11)16-6-4-8-3-5-14-7-9(8)13(16)19/h3-7,10H,1-2H2,(H,15,17,18). The molecule has 0 aliphatic carbocycles. The molecule has 1 aliphatic heterocycles. The van der Waals surface area contributed by atoms with Crippen molar-refractivity contribution in [1.82, 2.24) is 14.9 Å². The molecule has 0 bridgehead atoms. The maximum absolute atomic E-state index is 12.3. The summed E-state index contributed by atoms with van der Waals surface area (Å²) in [4.78, 5) is 39.1. The smallest absolute Gasteiger partial charge is 0.260 e. The van der Waals surface area contributed by atoms with Crippen LogP contribution in [0.5, 0.6) is 0 Å². The van der Waals surface area contributed by atoms with Crippen LogP contribution >= 0.6 is 0 Å². The maximum Gasteiger partial charge on any atom is 0.260 e. The van der Waals surface area contributed by atoms with Gasteiger partial charge in [-0.25, -0.2) is 0 Å². The van der Waals surface area contributed by atoms with E-state index in [2.05, 4.69) is 10.3 Å². The highest BCUT2D eigenvalue weighted by atomic mass is 16.2.